The number of hydrogen-bond donors (Lipinski definition) is 1. The van der Waals surface area contributed by atoms with E-state index in [9.17, 15) is 22.8 Å². The molecule has 102 valence electrons. The minimum Gasteiger partial charge on any atom is -0.481 e. The summed E-state index contributed by atoms with van der Waals surface area (Å²) >= 11 is 0. The molecule has 0 aromatic heterocycles. The van der Waals surface area contributed by atoms with Gasteiger partial charge in [-0.05, 0) is 17.7 Å². The third-order valence-corrected chi connectivity index (χ3v) is 2.78. The molecule has 19 heavy (non-hydrogen) atoms. The number of halogens is 3. The molecular formula is C12H9F3O4. The van der Waals surface area contributed by atoms with Crippen molar-refractivity contribution >= 4 is 11.9 Å². The van der Waals surface area contributed by atoms with Crippen LogP contribution < -0.4 is 0 Å². The lowest BCUT2D eigenvalue weighted by atomic mass is 9.95. The van der Waals surface area contributed by atoms with Gasteiger partial charge in [-0.2, -0.15) is 13.2 Å². The zero-order chi connectivity index (χ0) is 14.2. The number of benzene rings is 1. The predicted octanol–water partition coefficient (Wildman–Crippen LogP) is 2.26. The Bertz CT molecular complexity index is 536. The van der Waals surface area contributed by atoms with Gasteiger partial charge in [-0.25, -0.2) is 4.79 Å². The molecular weight excluding hydrogens is 265 g/mol. The maximum Gasteiger partial charge on any atom is 0.416 e. The van der Waals surface area contributed by atoms with E-state index in [2.05, 4.69) is 0 Å². The van der Waals surface area contributed by atoms with Gasteiger partial charge in [-0.15, -0.1) is 0 Å². The maximum absolute atomic E-state index is 12.5. The quantitative estimate of drug-likeness (QED) is 0.840. The fourth-order valence-electron chi connectivity index (χ4n) is 1.93. The average molecular weight is 274 g/mol. The van der Waals surface area contributed by atoms with E-state index in [0.29, 0.717) is 5.56 Å². The topological polar surface area (TPSA) is 63.6 Å². The number of fused-ring (bicyclic) bond motifs is 1. The van der Waals surface area contributed by atoms with E-state index in [1.54, 1.807) is 0 Å². The van der Waals surface area contributed by atoms with Crippen LogP contribution in [0.2, 0.25) is 0 Å². The summed E-state index contributed by atoms with van der Waals surface area (Å²) in [7, 11) is 0. The minimum absolute atomic E-state index is 0.103. The van der Waals surface area contributed by atoms with Gasteiger partial charge in [0.05, 0.1) is 17.5 Å². The number of esters is 1. The molecule has 2 rings (SSSR count). The van der Waals surface area contributed by atoms with Crippen molar-refractivity contribution in [1.82, 2.24) is 0 Å². The van der Waals surface area contributed by atoms with Crippen molar-refractivity contribution in [3.05, 3.63) is 34.9 Å². The van der Waals surface area contributed by atoms with Gasteiger partial charge in [0.2, 0.25) is 0 Å². The molecule has 0 radical (unpaired) electrons. The number of cyclic esters (lactones) is 1. The molecule has 1 aliphatic heterocycles. The second-order valence-electron chi connectivity index (χ2n) is 4.20. The zero-order valence-corrected chi connectivity index (χ0v) is 9.53. The summed E-state index contributed by atoms with van der Waals surface area (Å²) in [4.78, 5) is 22.1. The molecule has 1 aromatic rings. The highest BCUT2D eigenvalue weighted by atomic mass is 19.4. The molecule has 4 nitrogen and oxygen atoms in total. The van der Waals surface area contributed by atoms with Crippen LogP contribution in [-0.2, 0) is 22.1 Å². The molecule has 1 atom stereocenters. The summed E-state index contributed by atoms with van der Waals surface area (Å²) in [5.41, 5.74) is -0.716. The Hall–Kier alpha value is -2.05. The molecule has 1 N–H and O–H groups in total. The van der Waals surface area contributed by atoms with Gasteiger partial charge >= 0.3 is 18.1 Å². The Kier molecular flexibility index (Phi) is 3.21. The van der Waals surface area contributed by atoms with E-state index in [0.717, 1.165) is 12.1 Å². The van der Waals surface area contributed by atoms with Crippen LogP contribution in [0.25, 0.3) is 0 Å². The van der Waals surface area contributed by atoms with E-state index >= 15 is 0 Å². The van der Waals surface area contributed by atoms with E-state index in [1.807, 2.05) is 0 Å². The number of rotatable bonds is 2. The van der Waals surface area contributed by atoms with Crippen LogP contribution in [0.3, 0.4) is 0 Å². The molecule has 1 unspecified atom stereocenters. The summed E-state index contributed by atoms with van der Waals surface area (Å²) in [6.07, 6.45) is -5.64. The average Bonchev–Trinajstić information content (AvgIpc) is 2.26. The van der Waals surface area contributed by atoms with E-state index in [4.69, 9.17) is 9.84 Å². The Morgan fingerprint density at radius 2 is 2.11 bits per heavy atom. The van der Waals surface area contributed by atoms with Crippen LogP contribution in [0.5, 0.6) is 0 Å². The monoisotopic (exact) mass is 274 g/mol. The van der Waals surface area contributed by atoms with E-state index in [1.165, 1.54) is 6.07 Å². The van der Waals surface area contributed by atoms with Gasteiger partial charge in [-0.3, -0.25) is 4.79 Å². The molecule has 0 saturated carbocycles. The van der Waals surface area contributed by atoms with Gasteiger partial charge < -0.3 is 9.84 Å². The molecule has 0 saturated heterocycles. The first-order valence-electron chi connectivity index (χ1n) is 5.40. The Morgan fingerprint density at radius 1 is 1.42 bits per heavy atom. The smallest absolute Gasteiger partial charge is 0.416 e. The van der Waals surface area contributed by atoms with Crippen molar-refractivity contribution in [3.8, 4) is 0 Å². The number of carboxylic acids is 1. The summed E-state index contributed by atoms with van der Waals surface area (Å²) in [6, 6.07) is 2.79. The number of carbonyl (C=O) groups is 2. The largest absolute Gasteiger partial charge is 0.481 e. The standard InChI is InChI=1S/C12H9F3O4/c13-12(14,15)7-2-1-6-3-8(5-10(16)17)19-11(18)9(6)4-7/h1-2,4,8H,3,5H2,(H,16,17). The molecule has 1 aliphatic rings. The SMILES string of the molecule is O=C(O)CC1Cc2ccc(C(F)(F)F)cc2C(=O)O1. The van der Waals surface area contributed by atoms with Crippen molar-refractivity contribution < 1.29 is 32.6 Å². The molecule has 0 amide bonds. The number of carboxylic acid groups (broad SMARTS) is 1. The summed E-state index contributed by atoms with van der Waals surface area (Å²) in [5.74, 6) is -2.05. The summed E-state index contributed by atoms with van der Waals surface area (Å²) < 4.78 is 42.3. The first-order valence-corrected chi connectivity index (χ1v) is 5.40. The number of ether oxygens (including phenoxy) is 1. The van der Waals surface area contributed by atoms with Gasteiger partial charge in [0.15, 0.2) is 0 Å². The predicted molar refractivity (Wildman–Crippen MR) is 56.6 cm³/mol. The Morgan fingerprint density at radius 3 is 2.68 bits per heavy atom. The normalized spacial score (nSPS) is 18.7. The van der Waals surface area contributed by atoms with Crippen molar-refractivity contribution in [2.45, 2.75) is 25.1 Å². The van der Waals surface area contributed by atoms with Crippen LogP contribution in [0.4, 0.5) is 13.2 Å². The van der Waals surface area contributed by atoms with Gasteiger partial charge in [0, 0.05) is 6.42 Å². The fraction of sp³-hybridized carbons (Fsp3) is 0.333. The van der Waals surface area contributed by atoms with Gasteiger partial charge in [0.1, 0.15) is 6.10 Å². The number of hydrogen-bond acceptors (Lipinski definition) is 3. The lowest BCUT2D eigenvalue weighted by Gasteiger charge is -2.24. The summed E-state index contributed by atoms with van der Waals surface area (Å²) in [5, 5.41) is 8.61. The van der Waals surface area contributed by atoms with Crippen LogP contribution in [0, 0.1) is 0 Å². The highest BCUT2D eigenvalue weighted by Gasteiger charge is 2.34. The highest BCUT2D eigenvalue weighted by molar-refractivity contribution is 5.92. The first kappa shape index (κ1) is 13.4. The highest BCUT2D eigenvalue weighted by Crippen LogP contribution is 2.32. The molecule has 0 bridgehead atoms. The molecule has 0 fully saturated rings. The molecule has 1 aromatic carbocycles. The molecule has 7 heteroatoms. The molecule has 0 spiro atoms. The number of carbonyl (C=O) groups excluding carboxylic acids is 1. The maximum atomic E-state index is 12.5. The first-order chi connectivity index (χ1) is 8.77. The van der Waals surface area contributed by atoms with Crippen LogP contribution in [0.1, 0.15) is 27.9 Å². The zero-order valence-electron chi connectivity index (χ0n) is 9.53. The minimum atomic E-state index is -4.53. The molecule has 1 heterocycles. The molecule has 0 aliphatic carbocycles. The second kappa shape index (κ2) is 4.56. The van der Waals surface area contributed by atoms with Crippen LogP contribution >= 0.6 is 0 Å². The third kappa shape index (κ3) is 2.86. The summed E-state index contributed by atoms with van der Waals surface area (Å²) in [6.45, 7) is 0. The number of aliphatic carboxylic acids is 1. The van der Waals surface area contributed by atoms with E-state index in [-0.39, 0.29) is 18.4 Å². The van der Waals surface area contributed by atoms with E-state index < -0.39 is 29.8 Å². The van der Waals surface area contributed by atoms with Crippen molar-refractivity contribution in [1.29, 1.82) is 0 Å². The number of alkyl halides is 3. The lowest BCUT2D eigenvalue weighted by Crippen LogP contribution is -2.30. The Balaban J connectivity index is 2.31. The van der Waals surface area contributed by atoms with Crippen molar-refractivity contribution in [2.24, 2.45) is 0 Å². The van der Waals surface area contributed by atoms with Crippen LogP contribution in [0.15, 0.2) is 18.2 Å². The van der Waals surface area contributed by atoms with Crippen molar-refractivity contribution in [3.63, 3.8) is 0 Å². The lowest BCUT2D eigenvalue weighted by molar-refractivity contribution is -0.139. The van der Waals surface area contributed by atoms with Crippen LogP contribution in [-0.4, -0.2) is 23.1 Å². The van der Waals surface area contributed by atoms with Crippen molar-refractivity contribution in [2.75, 3.05) is 0 Å². The van der Waals surface area contributed by atoms with Gasteiger partial charge in [-0.1, -0.05) is 6.07 Å². The third-order valence-electron chi connectivity index (χ3n) is 2.78. The Labute approximate surface area is 105 Å². The fourth-order valence-corrected chi connectivity index (χ4v) is 1.93. The van der Waals surface area contributed by atoms with Gasteiger partial charge in [0.25, 0.3) is 0 Å². The second-order valence-corrected chi connectivity index (χ2v) is 4.20.